The number of rotatable bonds is 4. The van der Waals surface area contributed by atoms with Crippen LogP contribution in [0.4, 0.5) is 5.69 Å². The summed E-state index contributed by atoms with van der Waals surface area (Å²) in [4.78, 5) is 63.5. The summed E-state index contributed by atoms with van der Waals surface area (Å²) in [5, 5.41) is 0.457. The Hall–Kier alpha value is -3.23. The second kappa shape index (κ2) is 8.13. The molecule has 158 valence electrons. The van der Waals surface area contributed by atoms with Crippen LogP contribution in [-0.4, -0.2) is 47.6 Å². The normalized spacial score (nSPS) is 15.5. The Morgan fingerprint density at radius 3 is 2.35 bits per heavy atom. The Bertz CT molecular complexity index is 1160. The van der Waals surface area contributed by atoms with Crippen molar-refractivity contribution < 1.29 is 28.7 Å². The molecule has 1 saturated heterocycles. The van der Waals surface area contributed by atoms with Crippen LogP contribution in [0.1, 0.15) is 43.9 Å². The highest BCUT2D eigenvalue weighted by Gasteiger charge is 2.37. The Morgan fingerprint density at radius 2 is 1.68 bits per heavy atom. The minimum absolute atomic E-state index is 0.00330. The highest BCUT2D eigenvalue weighted by molar-refractivity contribution is 6.42. The molecular weight excluding hydrogens is 447 g/mol. The van der Waals surface area contributed by atoms with Gasteiger partial charge < -0.3 is 4.74 Å². The topological polar surface area (TPSA) is 101 Å². The molecule has 2 aliphatic rings. The van der Waals surface area contributed by atoms with Gasteiger partial charge in [0.1, 0.15) is 0 Å². The first-order valence-corrected chi connectivity index (χ1v) is 10.0. The van der Waals surface area contributed by atoms with Gasteiger partial charge in [0, 0.05) is 13.0 Å². The molecule has 0 atom stereocenters. The van der Waals surface area contributed by atoms with Crippen LogP contribution in [0.25, 0.3) is 0 Å². The SMILES string of the molecule is O=C(OCC(=O)N1CCCC1=O)c1ccc2c(c1)C(=O)N(c1ccc(Cl)c(Cl)c1)C2=O. The van der Waals surface area contributed by atoms with E-state index in [4.69, 9.17) is 27.9 Å². The van der Waals surface area contributed by atoms with Crippen molar-refractivity contribution in [3.63, 3.8) is 0 Å². The van der Waals surface area contributed by atoms with Crippen molar-refractivity contribution in [2.45, 2.75) is 12.8 Å². The fourth-order valence-corrected chi connectivity index (χ4v) is 3.72. The van der Waals surface area contributed by atoms with Crippen LogP contribution in [0.15, 0.2) is 36.4 Å². The lowest BCUT2D eigenvalue weighted by Gasteiger charge is -2.14. The number of esters is 1. The van der Waals surface area contributed by atoms with Crippen molar-refractivity contribution >= 4 is 58.5 Å². The molecule has 31 heavy (non-hydrogen) atoms. The van der Waals surface area contributed by atoms with E-state index in [0.717, 1.165) is 9.80 Å². The predicted octanol–water partition coefficient (Wildman–Crippen LogP) is 3.10. The second-order valence-electron chi connectivity index (χ2n) is 6.92. The Labute approximate surface area is 186 Å². The first kappa shape index (κ1) is 21.0. The second-order valence-corrected chi connectivity index (χ2v) is 7.74. The molecule has 2 aromatic carbocycles. The lowest BCUT2D eigenvalue weighted by molar-refractivity contribution is -0.143. The van der Waals surface area contributed by atoms with Crippen LogP contribution in [0.5, 0.6) is 0 Å². The highest BCUT2D eigenvalue weighted by atomic mass is 35.5. The van der Waals surface area contributed by atoms with Crippen LogP contribution in [0, 0.1) is 0 Å². The van der Waals surface area contributed by atoms with Crippen LogP contribution in [0.3, 0.4) is 0 Å². The molecule has 0 bridgehead atoms. The van der Waals surface area contributed by atoms with Gasteiger partial charge in [-0.1, -0.05) is 23.2 Å². The smallest absolute Gasteiger partial charge is 0.338 e. The number of benzene rings is 2. The van der Waals surface area contributed by atoms with Crippen molar-refractivity contribution in [2.24, 2.45) is 0 Å². The summed E-state index contributed by atoms with van der Waals surface area (Å²) >= 11 is 11.9. The Balaban J connectivity index is 1.51. The van der Waals surface area contributed by atoms with Crippen LogP contribution >= 0.6 is 23.2 Å². The van der Waals surface area contributed by atoms with E-state index in [1.165, 1.54) is 36.4 Å². The van der Waals surface area contributed by atoms with E-state index in [0.29, 0.717) is 13.0 Å². The van der Waals surface area contributed by atoms with Crippen molar-refractivity contribution in [1.29, 1.82) is 0 Å². The monoisotopic (exact) mass is 460 g/mol. The summed E-state index contributed by atoms with van der Waals surface area (Å²) in [6.07, 6.45) is 0.866. The lowest BCUT2D eigenvalue weighted by Crippen LogP contribution is -2.35. The number of carbonyl (C=O) groups excluding carboxylic acids is 5. The third kappa shape index (κ3) is 3.80. The van der Waals surface area contributed by atoms with Gasteiger partial charge in [0.25, 0.3) is 17.7 Å². The number of likely N-dealkylation sites (tertiary alicyclic amines) is 1. The molecule has 8 nitrogen and oxygen atoms in total. The number of imide groups is 2. The van der Waals surface area contributed by atoms with E-state index in [2.05, 4.69) is 0 Å². The van der Waals surface area contributed by atoms with Gasteiger partial charge in [-0.3, -0.25) is 24.1 Å². The number of fused-ring (bicyclic) bond motifs is 1. The largest absolute Gasteiger partial charge is 0.452 e. The minimum atomic E-state index is -0.851. The number of hydrogen-bond acceptors (Lipinski definition) is 6. The van der Waals surface area contributed by atoms with Gasteiger partial charge in [-0.25, -0.2) is 9.69 Å². The number of nitrogens with zero attached hydrogens (tertiary/aromatic N) is 2. The molecule has 0 aliphatic carbocycles. The van der Waals surface area contributed by atoms with Crippen LogP contribution < -0.4 is 4.90 Å². The molecule has 2 aliphatic heterocycles. The van der Waals surface area contributed by atoms with Gasteiger partial charge in [0.2, 0.25) is 5.91 Å². The van der Waals surface area contributed by atoms with Crippen LogP contribution in [-0.2, 0) is 14.3 Å². The van der Waals surface area contributed by atoms with Crippen molar-refractivity contribution in [1.82, 2.24) is 4.90 Å². The molecule has 2 heterocycles. The average molecular weight is 461 g/mol. The molecule has 0 saturated carbocycles. The van der Waals surface area contributed by atoms with Crippen molar-refractivity contribution in [3.8, 4) is 0 Å². The predicted molar refractivity (Wildman–Crippen MR) is 110 cm³/mol. The molecule has 0 N–H and O–H groups in total. The maximum atomic E-state index is 12.8. The van der Waals surface area contributed by atoms with Gasteiger partial charge >= 0.3 is 5.97 Å². The molecule has 2 aromatic rings. The van der Waals surface area contributed by atoms with E-state index >= 15 is 0 Å². The first-order valence-electron chi connectivity index (χ1n) is 9.26. The number of ether oxygens (including phenoxy) is 1. The van der Waals surface area contributed by atoms with E-state index in [9.17, 15) is 24.0 Å². The standard InChI is InChI=1S/C21H14Cl2N2O6/c22-15-6-4-12(9-16(15)23)25-19(28)13-5-3-11(8-14(13)20(25)29)21(30)31-10-18(27)24-7-1-2-17(24)26/h3-6,8-9H,1-2,7,10H2. The average Bonchev–Trinajstić information content (AvgIpc) is 3.29. The summed E-state index contributed by atoms with van der Waals surface area (Å²) in [6.45, 7) is -0.293. The maximum Gasteiger partial charge on any atom is 0.338 e. The lowest BCUT2D eigenvalue weighted by atomic mass is 10.1. The van der Waals surface area contributed by atoms with Gasteiger partial charge in [0.15, 0.2) is 6.61 Å². The van der Waals surface area contributed by atoms with Gasteiger partial charge in [-0.05, 0) is 42.8 Å². The quantitative estimate of drug-likeness (QED) is 0.513. The van der Waals surface area contributed by atoms with E-state index < -0.39 is 30.3 Å². The number of amides is 4. The third-order valence-corrected chi connectivity index (χ3v) is 5.72. The molecule has 0 unspecified atom stereocenters. The zero-order valence-electron chi connectivity index (χ0n) is 15.9. The minimum Gasteiger partial charge on any atom is -0.452 e. The van der Waals surface area contributed by atoms with E-state index in [1.54, 1.807) is 0 Å². The first-order chi connectivity index (χ1) is 14.8. The number of hydrogen-bond donors (Lipinski definition) is 0. The summed E-state index contributed by atoms with van der Waals surface area (Å²) in [7, 11) is 0. The van der Waals surface area contributed by atoms with Crippen LogP contribution in [0.2, 0.25) is 10.0 Å². The van der Waals surface area contributed by atoms with Gasteiger partial charge in [0.05, 0.1) is 32.4 Å². The molecule has 10 heteroatoms. The maximum absolute atomic E-state index is 12.8. The molecule has 0 aromatic heterocycles. The molecular formula is C21H14Cl2N2O6. The Kier molecular flexibility index (Phi) is 5.51. The fraction of sp³-hybridized carbons (Fsp3) is 0.190. The zero-order chi connectivity index (χ0) is 22.3. The molecule has 0 radical (unpaired) electrons. The van der Waals surface area contributed by atoms with Gasteiger partial charge in [-0.15, -0.1) is 0 Å². The van der Waals surface area contributed by atoms with Crippen molar-refractivity contribution in [2.75, 3.05) is 18.1 Å². The fourth-order valence-electron chi connectivity index (χ4n) is 3.43. The zero-order valence-corrected chi connectivity index (χ0v) is 17.4. The van der Waals surface area contributed by atoms with Crippen molar-refractivity contribution in [3.05, 3.63) is 63.1 Å². The van der Waals surface area contributed by atoms with E-state index in [1.807, 2.05) is 0 Å². The van der Waals surface area contributed by atoms with E-state index in [-0.39, 0.29) is 44.8 Å². The third-order valence-electron chi connectivity index (χ3n) is 4.98. The molecule has 4 rings (SSSR count). The summed E-state index contributed by atoms with van der Waals surface area (Å²) in [5.74, 6) is -2.96. The number of carbonyl (C=O) groups is 5. The molecule has 1 fully saturated rings. The van der Waals surface area contributed by atoms with Gasteiger partial charge in [-0.2, -0.15) is 0 Å². The number of halogens is 2. The highest BCUT2D eigenvalue weighted by Crippen LogP contribution is 2.33. The molecule has 0 spiro atoms. The summed E-state index contributed by atoms with van der Waals surface area (Å²) < 4.78 is 4.99. The summed E-state index contributed by atoms with van der Waals surface area (Å²) in [6, 6.07) is 8.25. The Morgan fingerprint density at radius 1 is 0.935 bits per heavy atom. The summed E-state index contributed by atoms with van der Waals surface area (Å²) in [5.41, 5.74) is 0.375. The number of anilines is 1. The molecule has 4 amide bonds.